The molecule has 0 spiro atoms. The number of carbonyl (C=O) groups is 4. The third-order valence-corrected chi connectivity index (χ3v) is 31.4. The van der Waals surface area contributed by atoms with Gasteiger partial charge in [0.2, 0.25) is 22.4 Å². The number of piperidine rings is 1. The Balaban J connectivity index is 1.95. The molecule has 1 aliphatic carbocycles. The molecule has 0 aromatic carbocycles. The minimum absolute atomic E-state index is 0.0389. The molecule has 1 saturated carbocycles. The Morgan fingerprint density at radius 2 is 1.26 bits per heavy atom. The molecule has 1 N–H and O–H groups in total. The van der Waals surface area contributed by atoms with Crippen molar-refractivity contribution in [3.05, 3.63) is 23.3 Å². The largest absolute Gasteiger partial charge is 0.456 e. The van der Waals surface area contributed by atoms with Crippen LogP contribution in [0.1, 0.15) is 202 Å². The van der Waals surface area contributed by atoms with Crippen LogP contribution in [-0.2, 0) is 51.7 Å². The second kappa shape index (κ2) is 29.2. The van der Waals surface area contributed by atoms with E-state index in [0.717, 1.165) is 36.8 Å². The number of allylic oxidation sites excluding steroid dienone is 3. The van der Waals surface area contributed by atoms with Gasteiger partial charge in [0.25, 0.3) is 11.7 Å². The SMILES string of the molecule is CCCC1C=C(C)CC(C)CC(OC)C2OC(O)(C(=O)C(=O)N3CCCCC3C(=O)OC(C(C)=CC3CCC(O[Si](C(C)C)(C(C)C)C(C)C)C(OC)C3)C(C)C(O[Si](C(C)C)(C(C)C)C(C)C)CC1=O)C(C)CC2OC. The first-order valence-corrected chi connectivity index (χ1v) is 34.6. The van der Waals surface area contributed by atoms with E-state index in [9.17, 15) is 14.7 Å². The first-order chi connectivity index (χ1) is 36.0. The quantitative estimate of drug-likeness (QED) is 0.0637. The molecule has 0 aromatic heterocycles. The lowest BCUT2D eigenvalue weighted by Gasteiger charge is -2.48. The molecule has 3 heterocycles. The molecular weight excluding hydrogens is 1010 g/mol. The summed E-state index contributed by atoms with van der Waals surface area (Å²) < 4.78 is 46.8. The molecule has 3 aliphatic heterocycles. The van der Waals surface area contributed by atoms with E-state index in [1.807, 2.05) is 6.92 Å². The summed E-state index contributed by atoms with van der Waals surface area (Å²) in [6, 6.07) is -1.11. The fraction of sp³-hybridized carbons (Fsp3) is 0.871. The van der Waals surface area contributed by atoms with E-state index in [0.29, 0.717) is 48.7 Å². The summed E-state index contributed by atoms with van der Waals surface area (Å²) in [6.07, 6.45) is 7.63. The standard InChI is InChI=1S/C62H111NO12Si2/c1-22-25-49-31-43(14)30-44(15)32-55(70-20)58-56(71-21)34-46(17)62(68,73-58)59(65)60(66)63-29-24-23-26-50(63)61(67)72-57(47(18)53(36-51(49)64)75-77(40(8)9,41(10)11)42(12)13)45(16)33-48-27-28-52(54(35-48)69-19)74-76(37(2)3,38(4)5)39(6)7/h31,33,37-42,44,46-50,52-58,68H,22-30,32,34-36H2,1-21H3. The fourth-order valence-electron chi connectivity index (χ4n) is 15.2. The second-order valence-electron chi connectivity index (χ2n) is 26.3. The van der Waals surface area contributed by atoms with Crippen LogP contribution in [0.2, 0.25) is 33.2 Å². The van der Waals surface area contributed by atoms with Gasteiger partial charge in [0.15, 0.2) is 0 Å². The summed E-state index contributed by atoms with van der Waals surface area (Å²) in [5.41, 5.74) is 3.85. The zero-order chi connectivity index (χ0) is 58.1. The molecule has 2 saturated heterocycles. The molecule has 15 heteroatoms. The van der Waals surface area contributed by atoms with Crippen molar-refractivity contribution in [2.75, 3.05) is 27.9 Å². The Bertz CT molecular complexity index is 1940. The van der Waals surface area contributed by atoms with Gasteiger partial charge in [0, 0.05) is 52.0 Å². The van der Waals surface area contributed by atoms with Gasteiger partial charge in [-0.15, -0.1) is 0 Å². The van der Waals surface area contributed by atoms with Gasteiger partial charge in [-0.25, -0.2) is 4.79 Å². The lowest BCUT2D eigenvalue weighted by molar-refractivity contribution is -0.302. The highest BCUT2D eigenvalue weighted by molar-refractivity contribution is 6.78. The molecule has 14 atom stereocenters. The number of cyclic esters (lactones) is 1. The molecule has 0 aromatic rings. The van der Waals surface area contributed by atoms with Crippen LogP contribution in [-0.4, -0.2) is 133 Å². The normalized spacial score (nSPS) is 33.8. The molecule has 4 aliphatic rings. The van der Waals surface area contributed by atoms with Crippen LogP contribution in [0.15, 0.2) is 23.3 Å². The number of aliphatic hydroxyl groups is 1. The van der Waals surface area contributed by atoms with Crippen LogP contribution < -0.4 is 0 Å². The number of amides is 1. The number of fused-ring (bicyclic) bond motifs is 3. The van der Waals surface area contributed by atoms with E-state index in [2.05, 4.69) is 123 Å². The van der Waals surface area contributed by atoms with Gasteiger partial charge in [-0.3, -0.25) is 14.4 Å². The van der Waals surface area contributed by atoms with E-state index >= 15 is 9.59 Å². The summed E-state index contributed by atoms with van der Waals surface area (Å²) in [7, 11) is 0.0388. The van der Waals surface area contributed by atoms with E-state index in [1.165, 1.54) is 4.90 Å². The van der Waals surface area contributed by atoms with Gasteiger partial charge in [0.1, 0.15) is 24.0 Å². The molecule has 1 amide bonds. The topological polar surface area (TPSA) is 156 Å². The molecule has 14 unspecified atom stereocenters. The number of esters is 1. The van der Waals surface area contributed by atoms with Crippen molar-refractivity contribution in [1.29, 1.82) is 0 Å². The number of hydrogen-bond donors (Lipinski definition) is 1. The van der Waals surface area contributed by atoms with Crippen molar-refractivity contribution in [1.82, 2.24) is 4.90 Å². The number of ether oxygens (including phenoxy) is 5. The van der Waals surface area contributed by atoms with Crippen LogP contribution in [0.5, 0.6) is 0 Å². The Hall–Kier alpha value is -2.09. The maximum Gasteiger partial charge on any atom is 0.329 e. The summed E-state index contributed by atoms with van der Waals surface area (Å²) in [5.74, 6) is -6.69. The number of carbonyl (C=O) groups excluding carboxylic acids is 4. The van der Waals surface area contributed by atoms with Gasteiger partial charge < -0.3 is 42.5 Å². The van der Waals surface area contributed by atoms with E-state index in [4.69, 9.17) is 32.5 Å². The lowest BCUT2D eigenvalue weighted by Crippen LogP contribution is -2.64. The average Bonchev–Trinajstić information content (AvgIpc) is 3.36. The maximum atomic E-state index is 15.3. The monoisotopic (exact) mass is 1120 g/mol. The zero-order valence-corrected chi connectivity index (χ0v) is 54.2. The maximum absolute atomic E-state index is 15.3. The van der Waals surface area contributed by atoms with Crippen LogP contribution in [0, 0.1) is 29.6 Å². The van der Waals surface area contributed by atoms with Gasteiger partial charge in [-0.1, -0.05) is 135 Å². The minimum Gasteiger partial charge on any atom is -0.456 e. The van der Waals surface area contributed by atoms with Crippen molar-refractivity contribution in [3.8, 4) is 0 Å². The van der Waals surface area contributed by atoms with Crippen molar-refractivity contribution in [3.63, 3.8) is 0 Å². The van der Waals surface area contributed by atoms with E-state index in [-0.39, 0.29) is 78.2 Å². The Morgan fingerprint density at radius 1 is 0.727 bits per heavy atom. The predicted octanol–water partition coefficient (Wildman–Crippen LogP) is 13.3. The second-order valence-corrected chi connectivity index (χ2v) is 37.2. The minimum atomic E-state index is -2.68. The number of hydrogen-bond acceptors (Lipinski definition) is 12. The lowest BCUT2D eigenvalue weighted by atomic mass is 9.81. The molecule has 4 rings (SSSR count). The third kappa shape index (κ3) is 15.3. The van der Waals surface area contributed by atoms with Gasteiger partial charge >= 0.3 is 5.97 Å². The van der Waals surface area contributed by atoms with Crippen LogP contribution >= 0.6 is 0 Å². The number of ketones is 2. The van der Waals surface area contributed by atoms with Crippen molar-refractivity contribution >= 4 is 40.1 Å². The molecule has 2 bridgehead atoms. The van der Waals surface area contributed by atoms with Crippen LogP contribution in [0.25, 0.3) is 0 Å². The third-order valence-electron chi connectivity index (χ3n) is 19.1. The van der Waals surface area contributed by atoms with Crippen molar-refractivity contribution in [2.45, 2.75) is 289 Å². The summed E-state index contributed by atoms with van der Waals surface area (Å²) in [4.78, 5) is 61.4. The van der Waals surface area contributed by atoms with Gasteiger partial charge in [-0.05, 0) is 129 Å². The predicted molar refractivity (Wildman–Crippen MR) is 313 cm³/mol. The van der Waals surface area contributed by atoms with Crippen molar-refractivity contribution < 1.29 is 56.8 Å². The van der Waals surface area contributed by atoms with Crippen LogP contribution in [0.4, 0.5) is 0 Å². The molecule has 0 radical (unpaired) electrons. The summed E-state index contributed by atoms with van der Waals surface area (Å²) in [6.45, 7) is 39.6. The highest BCUT2D eigenvalue weighted by Crippen LogP contribution is 2.48. The molecular formula is C62H111NO12Si2. The number of rotatable bonds is 17. The molecule has 13 nitrogen and oxygen atoms in total. The fourth-order valence-corrected chi connectivity index (χ4v) is 26.4. The van der Waals surface area contributed by atoms with Crippen molar-refractivity contribution in [2.24, 2.45) is 29.6 Å². The molecule has 444 valence electrons. The highest BCUT2D eigenvalue weighted by atomic mass is 28.4. The number of nitrogens with zero attached hydrogens (tertiary/aromatic N) is 1. The smallest absolute Gasteiger partial charge is 0.329 e. The van der Waals surface area contributed by atoms with Crippen LogP contribution in [0.3, 0.4) is 0 Å². The first-order valence-electron chi connectivity index (χ1n) is 30.3. The summed E-state index contributed by atoms with van der Waals surface area (Å²) >= 11 is 0. The zero-order valence-electron chi connectivity index (χ0n) is 52.2. The van der Waals surface area contributed by atoms with E-state index in [1.54, 1.807) is 28.3 Å². The van der Waals surface area contributed by atoms with Gasteiger partial charge in [-0.2, -0.15) is 0 Å². The molecule has 3 fully saturated rings. The molecule has 77 heavy (non-hydrogen) atoms. The Morgan fingerprint density at radius 3 is 1.78 bits per heavy atom. The average molecular weight is 1120 g/mol. The number of Topliss-reactive ketones (excluding diaryl/α,β-unsaturated/α-hetero) is 2. The first kappa shape index (κ1) is 67.4. The Kier molecular flexibility index (Phi) is 25.6. The van der Waals surface area contributed by atoms with E-state index < -0.39 is 88.5 Å². The Labute approximate surface area is 470 Å². The summed E-state index contributed by atoms with van der Waals surface area (Å²) in [5, 5.41) is 12.4. The number of methoxy groups -OCH3 is 3. The highest BCUT2D eigenvalue weighted by Gasteiger charge is 2.57. The van der Waals surface area contributed by atoms with Gasteiger partial charge in [0.05, 0.1) is 30.5 Å².